The fourth-order valence-corrected chi connectivity index (χ4v) is 4.02. The Balaban J connectivity index is 2.24. The lowest BCUT2D eigenvalue weighted by Gasteiger charge is -2.26. The number of nitrogens with zero attached hydrogens (tertiary/aromatic N) is 1. The summed E-state index contributed by atoms with van der Waals surface area (Å²) in [5.74, 6) is -0.464. The van der Waals surface area contributed by atoms with Crippen molar-refractivity contribution in [2.24, 2.45) is 0 Å². The summed E-state index contributed by atoms with van der Waals surface area (Å²) in [6.45, 7) is 1.71. The van der Waals surface area contributed by atoms with Gasteiger partial charge in [0.2, 0.25) is 10.0 Å². The molecule has 2 aromatic carbocycles. The number of likely N-dealkylation sites (N-methyl/N-ethyl adjacent to an activating group) is 1. The van der Waals surface area contributed by atoms with Crippen LogP contribution in [0.2, 0.25) is 5.02 Å². The Morgan fingerprint density at radius 2 is 1.88 bits per heavy atom. The molecule has 0 aliphatic rings. The van der Waals surface area contributed by atoms with Crippen molar-refractivity contribution in [1.82, 2.24) is 9.62 Å². The first-order chi connectivity index (χ1) is 11.2. The number of halogens is 2. The molecule has 0 aromatic heterocycles. The van der Waals surface area contributed by atoms with E-state index in [4.69, 9.17) is 11.6 Å². The van der Waals surface area contributed by atoms with E-state index in [9.17, 15) is 12.8 Å². The van der Waals surface area contributed by atoms with Crippen molar-refractivity contribution in [2.45, 2.75) is 17.9 Å². The molecule has 0 amide bonds. The van der Waals surface area contributed by atoms with Crippen LogP contribution >= 0.6 is 11.6 Å². The summed E-state index contributed by atoms with van der Waals surface area (Å²) in [6.07, 6.45) is 0. The summed E-state index contributed by atoms with van der Waals surface area (Å²) in [7, 11) is -0.0383. The second kappa shape index (κ2) is 7.61. The highest BCUT2D eigenvalue weighted by Crippen LogP contribution is 2.26. The van der Waals surface area contributed by atoms with Crippen molar-refractivity contribution in [3.05, 3.63) is 64.4 Å². The third kappa shape index (κ3) is 4.33. The average molecular weight is 371 g/mol. The van der Waals surface area contributed by atoms with Gasteiger partial charge in [-0.25, -0.2) is 17.5 Å². The molecule has 130 valence electrons. The Morgan fingerprint density at radius 1 is 1.21 bits per heavy atom. The van der Waals surface area contributed by atoms with Gasteiger partial charge in [-0.15, -0.1) is 0 Å². The lowest BCUT2D eigenvalue weighted by Crippen LogP contribution is -2.35. The first-order valence-corrected chi connectivity index (χ1v) is 9.25. The minimum absolute atomic E-state index is 0.0700. The minimum Gasteiger partial charge on any atom is -0.301 e. The predicted octanol–water partition coefficient (Wildman–Crippen LogP) is 3.37. The smallest absolute Gasteiger partial charge is 0.240 e. The molecule has 0 unspecified atom stereocenters. The summed E-state index contributed by atoms with van der Waals surface area (Å²) in [5.41, 5.74) is 1.20. The van der Waals surface area contributed by atoms with Crippen LogP contribution in [0.15, 0.2) is 47.4 Å². The van der Waals surface area contributed by atoms with Crippen molar-refractivity contribution in [1.29, 1.82) is 0 Å². The maximum atomic E-state index is 13.2. The van der Waals surface area contributed by atoms with Gasteiger partial charge < -0.3 is 4.90 Å². The Hall–Kier alpha value is -1.47. The zero-order chi connectivity index (χ0) is 17.9. The lowest BCUT2D eigenvalue weighted by molar-refractivity contribution is 0.299. The molecule has 2 aromatic rings. The second-order valence-electron chi connectivity index (χ2n) is 5.76. The highest BCUT2D eigenvalue weighted by molar-refractivity contribution is 7.89. The zero-order valence-corrected chi connectivity index (χ0v) is 15.3. The molecule has 0 aliphatic heterocycles. The Bertz CT molecular complexity index is 825. The molecule has 0 heterocycles. The highest BCUT2D eigenvalue weighted by atomic mass is 35.5. The van der Waals surface area contributed by atoms with Crippen LogP contribution in [-0.2, 0) is 10.0 Å². The molecule has 1 N–H and O–H groups in total. The van der Waals surface area contributed by atoms with Crippen molar-refractivity contribution in [3.8, 4) is 0 Å². The monoisotopic (exact) mass is 370 g/mol. The van der Waals surface area contributed by atoms with Gasteiger partial charge in [-0.3, -0.25) is 0 Å². The van der Waals surface area contributed by atoms with Crippen LogP contribution in [0.25, 0.3) is 0 Å². The summed E-state index contributed by atoms with van der Waals surface area (Å²) in [6, 6.07) is 10.7. The van der Waals surface area contributed by atoms with E-state index in [1.165, 1.54) is 12.1 Å². The van der Waals surface area contributed by atoms with Gasteiger partial charge in [-0.05, 0) is 56.4 Å². The lowest BCUT2D eigenvalue weighted by atomic mass is 10.1. The van der Waals surface area contributed by atoms with E-state index in [2.05, 4.69) is 4.72 Å². The third-order valence-electron chi connectivity index (χ3n) is 3.78. The quantitative estimate of drug-likeness (QED) is 0.848. The number of aryl methyl sites for hydroxylation is 1. The van der Waals surface area contributed by atoms with E-state index in [1.807, 2.05) is 37.2 Å². The van der Waals surface area contributed by atoms with Crippen LogP contribution in [0.4, 0.5) is 4.39 Å². The molecule has 4 nitrogen and oxygen atoms in total. The Labute approximate surface area is 147 Å². The molecule has 0 aliphatic carbocycles. The number of hydrogen-bond donors (Lipinski definition) is 1. The van der Waals surface area contributed by atoms with E-state index in [0.29, 0.717) is 10.6 Å². The van der Waals surface area contributed by atoms with Gasteiger partial charge in [0.15, 0.2) is 0 Å². The number of nitrogens with one attached hydrogen (secondary N) is 1. The summed E-state index contributed by atoms with van der Waals surface area (Å²) in [4.78, 5) is 1.96. The average Bonchev–Trinajstić information content (AvgIpc) is 2.48. The molecule has 0 bridgehead atoms. The van der Waals surface area contributed by atoms with Gasteiger partial charge in [0.1, 0.15) is 5.82 Å². The van der Waals surface area contributed by atoms with Crippen LogP contribution in [0.5, 0.6) is 0 Å². The predicted molar refractivity (Wildman–Crippen MR) is 94.2 cm³/mol. The number of sulfonamides is 1. The van der Waals surface area contributed by atoms with Crippen LogP contribution in [0.1, 0.15) is 17.2 Å². The van der Waals surface area contributed by atoms with E-state index >= 15 is 0 Å². The standard InChI is InChI=1S/C17H20ClFN2O2S/c1-12-10-13(19)8-9-17(12)24(22,23)20-11-16(21(2)3)14-6-4-5-7-15(14)18/h4-10,16,20H,11H2,1-3H3/t16-/m0/s1. The van der Waals surface area contributed by atoms with E-state index in [0.717, 1.165) is 11.6 Å². The maximum Gasteiger partial charge on any atom is 0.240 e. The molecule has 0 radical (unpaired) electrons. The van der Waals surface area contributed by atoms with Crippen molar-refractivity contribution in [2.75, 3.05) is 20.6 Å². The normalized spacial score (nSPS) is 13.2. The Morgan fingerprint density at radius 3 is 2.46 bits per heavy atom. The topological polar surface area (TPSA) is 49.4 Å². The molecule has 7 heteroatoms. The highest BCUT2D eigenvalue weighted by Gasteiger charge is 2.22. The van der Waals surface area contributed by atoms with Gasteiger partial charge in [-0.1, -0.05) is 29.8 Å². The molecular formula is C17H20ClFN2O2S. The zero-order valence-electron chi connectivity index (χ0n) is 13.8. The summed E-state index contributed by atoms with van der Waals surface area (Å²) >= 11 is 6.23. The fraction of sp³-hybridized carbons (Fsp3) is 0.294. The van der Waals surface area contributed by atoms with Gasteiger partial charge >= 0.3 is 0 Å². The summed E-state index contributed by atoms with van der Waals surface area (Å²) < 4.78 is 40.8. The largest absolute Gasteiger partial charge is 0.301 e. The fourth-order valence-electron chi connectivity index (χ4n) is 2.50. The molecule has 24 heavy (non-hydrogen) atoms. The molecule has 0 saturated carbocycles. The molecular weight excluding hydrogens is 351 g/mol. The summed E-state index contributed by atoms with van der Waals surface area (Å²) in [5, 5.41) is 0.577. The minimum atomic E-state index is -3.74. The first kappa shape index (κ1) is 18.9. The molecule has 2 rings (SSSR count). The molecule has 1 atom stereocenters. The van der Waals surface area contributed by atoms with Crippen LogP contribution < -0.4 is 4.72 Å². The number of hydrogen-bond acceptors (Lipinski definition) is 3. The van der Waals surface area contributed by atoms with Crippen molar-refractivity contribution >= 4 is 21.6 Å². The third-order valence-corrected chi connectivity index (χ3v) is 5.71. The second-order valence-corrected chi connectivity index (χ2v) is 7.91. The molecule has 0 fully saturated rings. The van der Waals surface area contributed by atoms with Crippen LogP contribution in [0.3, 0.4) is 0 Å². The van der Waals surface area contributed by atoms with Gasteiger partial charge in [-0.2, -0.15) is 0 Å². The first-order valence-electron chi connectivity index (χ1n) is 7.39. The number of rotatable bonds is 6. The van der Waals surface area contributed by atoms with Gasteiger partial charge in [0.05, 0.1) is 4.90 Å². The Kier molecular flexibility index (Phi) is 5.98. The SMILES string of the molecule is Cc1cc(F)ccc1S(=O)(=O)NC[C@@H](c1ccccc1Cl)N(C)C. The molecule has 0 saturated heterocycles. The van der Waals surface area contributed by atoms with Gasteiger partial charge in [0.25, 0.3) is 0 Å². The van der Waals surface area contributed by atoms with E-state index in [-0.39, 0.29) is 17.5 Å². The van der Waals surface area contributed by atoms with Crippen LogP contribution in [0, 0.1) is 12.7 Å². The molecule has 0 spiro atoms. The van der Waals surface area contributed by atoms with E-state index in [1.54, 1.807) is 13.0 Å². The number of benzene rings is 2. The van der Waals surface area contributed by atoms with Crippen molar-refractivity contribution < 1.29 is 12.8 Å². The maximum absolute atomic E-state index is 13.2. The van der Waals surface area contributed by atoms with E-state index < -0.39 is 15.8 Å². The van der Waals surface area contributed by atoms with Gasteiger partial charge in [0, 0.05) is 17.6 Å². The van der Waals surface area contributed by atoms with Crippen molar-refractivity contribution in [3.63, 3.8) is 0 Å². The van der Waals surface area contributed by atoms with Crippen LogP contribution in [-0.4, -0.2) is 34.0 Å².